The summed E-state index contributed by atoms with van der Waals surface area (Å²) < 4.78 is 0. The molecule has 20 heavy (non-hydrogen) atoms. The van der Waals surface area contributed by atoms with Crippen molar-refractivity contribution in [3.63, 3.8) is 0 Å². The summed E-state index contributed by atoms with van der Waals surface area (Å²) >= 11 is 0. The van der Waals surface area contributed by atoms with Crippen LogP contribution in [-0.4, -0.2) is 28.9 Å². The lowest BCUT2D eigenvalue weighted by molar-refractivity contribution is -0.310. The van der Waals surface area contributed by atoms with Gasteiger partial charge in [-0.2, -0.15) is 0 Å². The number of carboxylic acids is 1. The summed E-state index contributed by atoms with van der Waals surface area (Å²) in [6, 6.07) is 8.23. The molecule has 106 valence electrons. The Hall–Kier alpha value is -1.84. The number of hydrogen-bond acceptors (Lipinski definition) is 3. The van der Waals surface area contributed by atoms with Gasteiger partial charge in [-0.25, -0.2) is 0 Å². The maximum Gasteiger partial charge on any atom is 0.254 e. The Morgan fingerprint density at radius 3 is 2.50 bits per heavy atom. The Morgan fingerprint density at radius 1 is 1.10 bits per heavy atom. The maximum absolute atomic E-state index is 12.7. The van der Waals surface area contributed by atoms with Gasteiger partial charge in [-0.05, 0) is 37.3 Å². The van der Waals surface area contributed by atoms with E-state index in [0.29, 0.717) is 17.9 Å². The zero-order valence-electron chi connectivity index (χ0n) is 11.3. The van der Waals surface area contributed by atoms with E-state index in [1.54, 1.807) is 29.2 Å². The minimum absolute atomic E-state index is 0.0688. The minimum atomic E-state index is -1.12. The molecule has 3 atom stereocenters. The van der Waals surface area contributed by atoms with Crippen LogP contribution < -0.4 is 5.11 Å². The number of carboxylic acid groups (broad SMARTS) is 1. The molecule has 0 unspecified atom stereocenters. The van der Waals surface area contributed by atoms with Crippen molar-refractivity contribution in [3.8, 4) is 0 Å². The first-order chi connectivity index (χ1) is 9.68. The number of aliphatic carboxylic acids is 1. The van der Waals surface area contributed by atoms with Crippen LogP contribution in [0, 0.1) is 5.92 Å². The fraction of sp³-hybridized carbons (Fsp3) is 0.500. The molecule has 2 aliphatic rings. The van der Waals surface area contributed by atoms with E-state index in [-0.39, 0.29) is 11.9 Å². The van der Waals surface area contributed by atoms with Gasteiger partial charge in [0.25, 0.3) is 5.91 Å². The highest BCUT2D eigenvalue weighted by Crippen LogP contribution is 2.40. The summed E-state index contributed by atoms with van der Waals surface area (Å²) in [4.78, 5) is 25.6. The van der Waals surface area contributed by atoms with E-state index in [9.17, 15) is 14.7 Å². The van der Waals surface area contributed by atoms with Gasteiger partial charge in [0.05, 0.1) is 12.0 Å². The average Bonchev–Trinajstić information content (AvgIpc) is 2.87. The standard InChI is InChI=1S/C16H19NO3/c18-15(11-6-2-1-3-7-11)17-13-9-5-4-8-12(13)10-14(17)16(19)20/h1-3,6-7,12-14H,4-5,8-10H2,(H,19,20)/p-1/t12-,13+,14-/m1/s1. The lowest BCUT2D eigenvalue weighted by Gasteiger charge is -2.34. The van der Waals surface area contributed by atoms with E-state index >= 15 is 0 Å². The monoisotopic (exact) mass is 272 g/mol. The van der Waals surface area contributed by atoms with Crippen LogP contribution in [-0.2, 0) is 4.79 Å². The molecule has 2 fully saturated rings. The quantitative estimate of drug-likeness (QED) is 0.813. The van der Waals surface area contributed by atoms with Crippen LogP contribution in [0.25, 0.3) is 0 Å². The number of amides is 1. The van der Waals surface area contributed by atoms with Crippen LogP contribution in [0.4, 0.5) is 0 Å². The largest absolute Gasteiger partial charge is 0.548 e. The first-order valence-electron chi connectivity index (χ1n) is 7.27. The number of carbonyl (C=O) groups is 2. The first kappa shape index (κ1) is 13.2. The average molecular weight is 272 g/mol. The fourth-order valence-corrected chi connectivity index (χ4v) is 3.69. The van der Waals surface area contributed by atoms with Crippen LogP contribution in [0.1, 0.15) is 42.5 Å². The molecule has 4 nitrogen and oxygen atoms in total. The Kier molecular flexibility index (Phi) is 3.47. The third-order valence-electron chi connectivity index (χ3n) is 4.62. The smallest absolute Gasteiger partial charge is 0.254 e. The van der Waals surface area contributed by atoms with Gasteiger partial charge in [0.15, 0.2) is 0 Å². The molecule has 0 aromatic heterocycles. The SMILES string of the molecule is O=C([O-])[C@H]1C[C@H]2CCCC[C@@H]2N1C(=O)c1ccccc1. The van der Waals surface area contributed by atoms with Gasteiger partial charge in [-0.3, -0.25) is 4.79 Å². The molecule has 1 aliphatic carbocycles. The maximum atomic E-state index is 12.7. The van der Waals surface area contributed by atoms with Crippen molar-refractivity contribution in [2.24, 2.45) is 5.92 Å². The molecule has 1 heterocycles. The van der Waals surface area contributed by atoms with Gasteiger partial charge in [0, 0.05) is 11.6 Å². The molecule has 0 spiro atoms. The molecule has 1 aliphatic heterocycles. The molecule has 1 saturated carbocycles. The number of likely N-dealkylation sites (tertiary alicyclic amines) is 1. The van der Waals surface area contributed by atoms with Crippen molar-refractivity contribution >= 4 is 11.9 Å². The number of nitrogens with zero attached hydrogens (tertiary/aromatic N) is 1. The zero-order chi connectivity index (χ0) is 14.1. The first-order valence-corrected chi connectivity index (χ1v) is 7.27. The molecule has 1 saturated heterocycles. The van der Waals surface area contributed by atoms with Gasteiger partial charge in [-0.15, -0.1) is 0 Å². The molecule has 0 N–H and O–H groups in total. The highest BCUT2D eigenvalue weighted by atomic mass is 16.4. The topological polar surface area (TPSA) is 60.4 Å². The van der Waals surface area contributed by atoms with Gasteiger partial charge < -0.3 is 14.8 Å². The summed E-state index contributed by atoms with van der Waals surface area (Å²) in [5, 5.41) is 11.4. The molecule has 0 radical (unpaired) electrons. The van der Waals surface area contributed by atoms with Crippen LogP contribution in [0.5, 0.6) is 0 Å². The third kappa shape index (κ3) is 2.19. The summed E-state index contributed by atoms with van der Waals surface area (Å²) in [5.74, 6) is -0.975. The van der Waals surface area contributed by atoms with Gasteiger partial charge >= 0.3 is 0 Å². The van der Waals surface area contributed by atoms with E-state index in [4.69, 9.17) is 0 Å². The lowest BCUT2D eigenvalue weighted by Crippen LogP contribution is -2.50. The van der Waals surface area contributed by atoms with Crippen molar-refractivity contribution < 1.29 is 14.7 Å². The van der Waals surface area contributed by atoms with E-state index in [1.165, 1.54) is 0 Å². The van der Waals surface area contributed by atoms with E-state index in [0.717, 1.165) is 25.7 Å². The van der Waals surface area contributed by atoms with Crippen LogP contribution >= 0.6 is 0 Å². The van der Waals surface area contributed by atoms with Crippen molar-refractivity contribution in [2.45, 2.75) is 44.2 Å². The Labute approximate surface area is 118 Å². The number of carbonyl (C=O) groups excluding carboxylic acids is 2. The second kappa shape index (κ2) is 5.27. The molecule has 0 bridgehead atoms. The Balaban J connectivity index is 1.91. The van der Waals surface area contributed by atoms with E-state index < -0.39 is 12.0 Å². The number of rotatable bonds is 2. The van der Waals surface area contributed by atoms with Gasteiger partial charge in [0.2, 0.25) is 0 Å². The highest BCUT2D eigenvalue weighted by Gasteiger charge is 2.45. The number of benzene rings is 1. The molecule has 3 rings (SSSR count). The molecule has 4 heteroatoms. The predicted octanol–water partition coefficient (Wildman–Crippen LogP) is 1.21. The molecule has 1 amide bonds. The van der Waals surface area contributed by atoms with Crippen molar-refractivity contribution in [2.75, 3.05) is 0 Å². The third-order valence-corrected chi connectivity index (χ3v) is 4.62. The highest BCUT2D eigenvalue weighted by molar-refractivity contribution is 5.97. The van der Waals surface area contributed by atoms with E-state index in [2.05, 4.69) is 0 Å². The Bertz CT molecular complexity index is 514. The van der Waals surface area contributed by atoms with E-state index in [1.807, 2.05) is 6.07 Å². The minimum Gasteiger partial charge on any atom is -0.548 e. The van der Waals surface area contributed by atoms with Crippen LogP contribution in [0.3, 0.4) is 0 Å². The summed E-state index contributed by atoms with van der Waals surface area (Å²) in [5.41, 5.74) is 0.560. The lowest BCUT2D eigenvalue weighted by atomic mass is 9.84. The van der Waals surface area contributed by atoms with Crippen molar-refractivity contribution in [1.82, 2.24) is 4.90 Å². The second-order valence-corrected chi connectivity index (χ2v) is 5.76. The summed E-state index contributed by atoms with van der Waals surface area (Å²) in [6.45, 7) is 0. The summed E-state index contributed by atoms with van der Waals surface area (Å²) in [7, 11) is 0. The molecule has 1 aromatic rings. The van der Waals surface area contributed by atoms with Crippen molar-refractivity contribution in [3.05, 3.63) is 35.9 Å². The van der Waals surface area contributed by atoms with Crippen LogP contribution in [0.15, 0.2) is 30.3 Å². The van der Waals surface area contributed by atoms with Gasteiger partial charge in [-0.1, -0.05) is 31.0 Å². The zero-order valence-corrected chi connectivity index (χ0v) is 11.3. The van der Waals surface area contributed by atoms with Crippen molar-refractivity contribution in [1.29, 1.82) is 0 Å². The second-order valence-electron chi connectivity index (χ2n) is 5.76. The normalized spacial score (nSPS) is 29.0. The Morgan fingerprint density at radius 2 is 1.80 bits per heavy atom. The predicted molar refractivity (Wildman–Crippen MR) is 71.8 cm³/mol. The molecule has 1 aromatic carbocycles. The van der Waals surface area contributed by atoms with Gasteiger partial charge in [0.1, 0.15) is 0 Å². The van der Waals surface area contributed by atoms with Crippen LogP contribution in [0.2, 0.25) is 0 Å². The fourth-order valence-electron chi connectivity index (χ4n) is 3.69. The number of fused-ring (bicyclic) bond motifs is 1. The summed E-state index contributed by atoms with van der Waals surface area (Å²) in [6.07, 6.45) is 4.68. The number of hydrogen-bond donors (Lipinski definition) is 0. The molecular weight excluding hydrogens is 254 g/mol. The molecular formula is C16H18NO3-.